The van der Waals surface area contributed by atoms with Crippen LogP contribution in [0.5, 0.6) is 5.75 Å². The summed E-state index contributed by atoms with van der Waals surface area (Å²) in [7, 11) is 1.82. The van der Waals surface area contributed by atoms with Gasteiger partial charge in [-0.25, -0.2) is 0 Å². The van der Waals surface area contributed by atoms with Crippen molar-refractivity contribution >= 4 is 17.4 Å². The number of benzene rings is 1. The van der Waals surface area contributed by atoms with Gasteiger partial charge in [-0.2, -0.15) is 5.10 Å². The molecule has 0 atom stereocenters. The third-order valence-electron chi connectivity index (χ3n) is 3.54. The second-order valence-electron chi connectivity index (χ2n) is 5.46. The summed E-state index contributed by atoms with van der Waals surface area (Å²) in [5.74, 6) is 2.00. The monoisotopic (exact) mass is 291 g/mol. The number of anilines is 1. The molecule has 1 fully saturated rings. The van der Waals surface area contributed by atoms with Crippen LogP contribution < -0.4 is 10.5 Å². The van der Waals surface area contributed by atoms with Crippen LogP contribution in [0.25, 0.3) is 11.3 Å². The van der Waals surface area contributed by atoms with E-state index >= 15 is 0 Å². The molecule has 106 valence electrons. The lowest BCUT2D eigenvalue weighted by Crippen LogP contribution is -2.02. The first kappa shape index (κ1) is 13.3. The van der Waals surface area contributed by atoms with Crippen LogP contribution >= 0.6 is 11.6 Å². The van der Waals surface area contributed by atoms with Crippen LogP contribution in [0.1, 0.15) is 18.4 Å². The van der Waals surface area contributed by atoms with Crippen molar-refractivity contribution in [2.24, 2.45) is 13.0 Å². The van der Waals surface area contributed by atoms with E-state index in [-0.39, 0.29) is 0 Å². The zero-order chi connectivity index (χ0) is 14.3. The number of nitrogen functional groups attached to an aromatic ring is 1. The quantitative estimate of drug-likeness (QED) is 0.939. The summed E-state index contributed by atoms with van der Waals surface area (Å²) in [5.41, 5.74) is 8.64. The van der Waals surface area contributed by atoms with E-state index in [9.17, 15) is 0 Å². The Morgan fingerprint density at radius 3 is 2.75 bits per heavy atom. The average Bonchev–Trinajstić information content (AvgIpc) is 3.14. The summed E-state index contributed by atoms with van der Waals surface area (Å²) in [6.07, 6.45) is 2.49. The van der Waals surface area contributed by atoms with E-state index in [1.54, 1.807) is 4.68 Å². The van der Waals surface area contributed by atoms with Gasteiger partial charge in [0.2, 0.25) is 0 Å². The first-order chi connectivity index (χ1) is 9.54. The normalized spacial score (nSPS) is 14.6. The molecule has 5 heteroatoms. The maximum atomic E-state index is 6.34. The zero-order valence-electron chi connectivity index (χ0n) is 11.7. The third-order valence-corrected chi connectivity index (χ3v) is 3.82. The Kier molecular flexibility index (Phi) is 3.34. The summed E-state index contributed by atoms with van der Waals surface area (Å²) in [5, 5.41) is 5.05. The van der Waals surface area contributed by atoms with E-state index in [0.29, 0.717) is 22.5 Å². The molecular weight excluding hydrogens is 274 g/mol. The van der Waals surface area contributed by atoms with Crippen molar-refractivity contribution in [3.8, 4) is 17.0 Å². The molecule has 2 N–H and O–H groups in total. The molecule has 0 spiro atoms. The van der Waals surface area contributed by atoms with Crippen molar-refractivity contribution in [2.75, 3.05) is 12.3 Å². The molecule has 0 radical (unpaired) electrons. The summed E-state index contributed by atoms with van der Waals surface area (Å²) in [4.78, 5) is 0. The molecule has 4 nitrogen and oxygen atoms in total. The molecule has 2 aromatic rings. The van der Waals surface area contributed by atoms with Gasteiger partial charge in [-0.3, -0.25) is 4.68 Å². The maximum absolute atomic E-state index is 6.34. The minimum absolute atomic E-state index is 0.616. The fourth-order valence-corrected chi connectivity index (χ4v) is 2.49. The average molecular weight is 292 g/mol. The standard InChI is InChI=1S/C15H18ClN3O/c1-9-5-11(13-7-14(17)19(2)18-13)15(12(16)6-9)20-8-10-3-4-10/h5-7,10H,3-4,8,17H2,1-2H3. The van der Waals surface area contributed by atoms with E-state index in [4.69, 9.17) is 22.1 Å². The van der Waals surface area contributed by atoms with Gasteiger partial charge in [0.15, 0.2) is 0 Å². The molecule has 1 aliphatic carbocycles. The maximum Gasteiger partial charge on any atom is 0.147 e. The number of ether oxygens (including phenoxy) is 1. The molecule has 0 unspecified atom stereocenters. The summed E-state index contributed by atoms with van der Waals surface area (Å²) < 4.78 is 7.58. The Morgan fingerprint density at radius 2 is 2.15 bits per heavy atom. The number of aromatic nitrogens is 2. The van der Waals surface area contributed by atoms with Gasteiger partial charge < -0.3 is 10.5 Å². The molecular formula is C15H18ClN3O. The molecule has 1 heterocycles. The molecule has 3 rings (SSSR count). The highest BCUT2D eigenvalue weighted by Gasteiger charge is 2.24. The van der Waals surface area contributed by atoms with Gasteiger partial charge in [-0.05, 0) is 43.4 Å². The predicted molar refractivity (Wildman–Crippen MR) is 81.0 cm³/mol. The van der Waals surface area contributed by atoms with Crippen molar-refractivity contribution in [2.45, 2.75) is 19.8 Å². The third kappa shape index (κ3) is 2.61. The summed E-state index contributed by atoms with van der Waals surface area (Å²) >= 11 is 6.34. The number of hydrogen-bond acceptors (Lipinski definition) is 3. The zero-order valence-corrected chi connectivity index (χ0v) is 12.4. The Morgan fingerprint density at radius 1 is 1.40 bits per heavy atom. The number of rotatable bonds is 4. The number of aryl methyl sites for hydroxylation is 2. The number of hydrogen-bond donors (Lipinski definition) is 1. The summed E-state index contributed by atoms with van der Waals surface area (Å²) in [6.45, 7) is 2.73. The fourth-order valence-electron chi connectivity index (χ4n) is 2.16. The van der Waals surface area contributed by atoms with Crippen molar-refractivity contribution in [3.05, 3.63) is 28.8 Å². The first-order valence-corrected chi connectivity index (χ1v) is 7.15. The van der Waals surface area contributed by atoms with E-state index < -0.39 is 0 Å². The second kappa shape index (κ2) is 5.02. The van der Waals surface area contributed by atoms with Crippen LogP contribution in [0.15, 0.2) is 18.2 Å². The molecule has 1 aliphatic rings. The Bertz CT molecular complexity index is 627. The highest BCUT2D eigenvalue weighted by Crippen LogP contribution is 2.39. The van der Waals surface area contributed by atoms with Crippen LogP contribution in [0.4, 0.5) is 5.82 Å². The molecule has 1 aromatic heterocycles. The van der Waals surface area contributed by atoms with Crippen LogP contribution in [-0.2, 0) is 7.05 Å². The lowest BCUT2D eigenvalue weighted by atomic mass is 10.1. The number of halogens is 1. The first-order valence-electron chi connectivity index (χ1n) is 6.77. The fraction of sp³-hybridized carbons (Fsp3) is 0.400. The van der Waals surface area contributed by atoms with Gasteiger partial charge in [0.05, 0.1) is 17.3 Å². The van der Waals surface area contributed by atoms with E-state index in [1.165, 1.54) is 12.8 Å². The Hall–Kier alpha value is -1.68. The Labute approximate surface area is 123 Å². The van der Waals surface area contributed by atoms with Crippen LogP contribution in [-0.4, -0.2) is 16.4 Å². The van der Waals surface area contributed by atoms with Crippen LogP contribution in [0.3, 0.4) is 0 Å². The predicted octanol–water partition coefficient (Wildman–Crippen LogP) is 3.42. The van der Waals surface area contributed by atoms with Gasteiger partial charge in [-0.15, -0.1) is 0 Å². The molecule has 0 saturated heterocycles. The van der Waals surface area contributed by atoms with Gasteiger partial charge in [-0.1, -0.05) is 11.6 Å². The smallest absolute Gasteiger partial charge is 0.147 e. The molecule has 0 amide bonds. The van der Waals surface area contributed by atoms with Crippen molar-refractivity contribution in [1.82, 2.24) is 9.78 Å². The number of nitrogens with zero attached hydrogens (tertiary/aromatic N) is 2. The summed E-state index contributed by atoms with van der Waals surface area (Å²) in [6, 6.07) is 5.80. The van der Waals surface area contributed by atoms with Gasteiger partial charge in [0.1, 0.15) is 11.6 Å². The van der Waals surface area contributed by atoms with Crippen LogP contribution in [0, 0.1) is 12.8 Å². The van der Waals surface area contributed by atoms with E-state index in [1.807, 2.05) is 32.2 Å². The molecule has 0 bridgehead atoms. The largest absolute Gasteiger partial charge is 0.491 e. The van der Waals surface area contributed by atoms with Gasteiger partial charge in [0.25, 0.3) is 0 Å². The van der Waals surface area contributed by atoms with Crippen LogP contribution in [0.2, 0.25) is 5.02 Å². The molecule has 1 saturated carbocycles. The highest BCUT2D eigenvalue weighted by molar-refractivity contribution is 6.32. The second-order valence-corrected chi connectivity index (χ2v) is 5.86. The molecule has 20 heavy (non-hydrogen) atoms. The molecule has 0 aliphatic heterocycles. The molecule has 1 aromatic carbocycles. The van der Waals surface area contributed by atoms with Gasteiger partial charge >= 0.3 is 0 Å². The minimum Gasteiger partial charge on any atom is -0.491 e. The minimum atomic E-state index is 0.616. The van der Waals surface area contributed by atoms with E-state index in [0.717, 1.165) is 23.4 Å². The van der Waals surface area contributed by atoms with Crippen molar-refractivity contribution in [3.63, 3.8) is 0 Å². The van der Waals surface area contributed by atoms with Gasteiger partial charge in [0, 0.05) is 18.7 Å². The lowest BCUT2D eigenvalue weighted by Gasteiger charge is -2.13. The lowest BCUT2D eigenvalue weighted by molar-refractivity contribution is 0.301. The topological polar surface area (TPSA) is 53.1 Å². The van der Waals surface area contributed by atoms with Crippen molar-refractivity contribution < 1.29 is 4.74 Å². The number of nitrogens with two attached hydrogens (primary N) is 1. The highest BCUT2D eigenvalue weighted by atomic mass is 35.5. The Balaban J connectivity index is 2.01. The van der Waals surface area contributed by atoms with E-state index in [2.05, 4.69) is 5.10 Å². The van der Waals surface area contributed by atoms with Crippen molar-refractivity contribution in [1.29, 1.82) is 0 Å². The SMILES string of the molecule is Cc1cc(Cl)c(OCC2CC2)c(-c2cc(N)n(C)n2)c1.